The number of rotatable bonds is 4. The van der Waals surface area contributed by atoms with E-state index in [0.717, 1.165) is 0 Å². The van der Waals surface area contributed by atoms with E-state index in [9.17, 15) is 14.7 Å². The van der Waals surface area contributed by atoms with Crippen LogP contribution in [-0.4, -0.2) is 44.2 Å². The molecule has 0 aromatic rings. The average Bonchev–Trinajstić information content (AvgIpc) is 1.95. The van der Waals surface area contributed by atoms with Gasteiger partial charge in [-0.3, -0.25) is 14.5 Å². The molecule has 0 radical (unpaired) electrons. The molecule has 0 aliphatic rings. The molecule has 2 N–H and O–H groups in total. The van der Waals surface area contributed by atoms with Crippen LogP contribution < -0.4 is 0 Å². The molecular weight excluding hydrogens is 222 g/mol. The summed E-state index contributed by atoms with van der Waals surface area (Å²) in [5.74, 6) is -2.20. The van der Waals surface area contributed by atoms with Gasteiger partial charge in [-0.15, -0.1) is 0 Å². The second kappa shape index (κ2) is 5.04. The molecule has 0 heterocycles. The van der Waals surface area contributed by atoms with Crippen LogP contribution in [0.1, 0.15) is 48.0 Å². The molecule has 0 fully saturated rings. The molecule has 0 aliphatic heterocycles. The van der Waals surface area contributed by atoms with Crippen molar-refractivity contribution in [2.75, 3.05) is 0 Å². The van der Waals surface area contributed by atoms with Crippen molar-refractivity contribution < 1.29 is 19.8 Å². The van der Waals surface area contributed by atoms with Crippen molar-refractivity contribution in [1.82, 2.24) is 4.90 Å². The summed E-state index contributed by atoms with van der Waals surface area (Å²) in [5.41, 5.74) is -0.840. The molecule has 0 aromatic carbocycles. The van der Waals surface area contributed by atoms with Gasteiger partial charge < -0.3 is 10.2 Å². The lowest BCUT2D eigenvalue weighted by Gasteiger charge is -2.48. The smallest absolute Gasteiger partial charge is 0.321 e. The molecule has 0 aliphatic carbocycles. The van der Waals surface area contributed by atoms with Crippen LogP contribution in [0.2, 0.25) is 0 Å². The number of carbonyl (C=O) groups is 2. The van der Waals surface area contributed by atoms with Crippen molar-refractivity contribution in [2.24, 2.45) is 0 Å². The van der Waals surface area contributed by atoms with Gasteiger partial charge in [-0.25, -0.2) is 0 Å². The molecule has 0 spiro atoms. The topological polar surface area (TPSA) is 77.8 Å². The summed E-state index contributed by atoms with van der Waals surface area (Å²) >= 11 is 0. The minimum Gasteiger partial charge on any atom is -0.481 e. The first kappa shape index (κ1) is 15.9. The van der Waals surface area contributed by atoms with Crippen molar-refractivity contribution in [1.29, 1.82) is 0 Å². The maximum absolute atomic E-state index is 11.3. The van der Waals surface area contributed by atoms with Gasteiger partial charge in [-0.1, -0.05) is 0 Å². The van der Waals surface area contributed by atoms with E-state index in [0.29, 0.717) is 0 Å². The van der Waals surface area contributed by atoms with Crippen LogP contribution >= 0.6 is 0 Å². The minimum atomic E-state index is -1.10. The molecule has 5 nitrogen and oxygen atoms in total. The molecule has 0 amide bonds. The van der Waals surface area contributed by atoms with Gasteiger partial charge in [-0.2, -0.15) is 0 Å². The summed E-state index contributed by atoms with van der Waals surface area (Å²) < 4.78 is 0. The largest absolute Gasteiger partial charge is 0.481 e. The molecule has 0 saturated carbocycles. The van der Waals surface area contributed by atoms with E-state index in [1.165, 1.54) is 0 Å². The molecule has 0 bridgehead atoms. The number of carboxylic acid groups (broad SMARTS) is 2. The SMILES string of the molecule is CC(C)(C)N([C@@H](CC(=O)O)C(=O)O)C(C)(C)C. The fourth-order valence-electron chi connectivity index (χ4n) is 2.40. The minimum absolute atomic E-state index is 0.399. The van der Waals surface area contributed by atoms with E-state index in [1.54, 1.807) is 4.90 Å². The number of hydrogen-bond acceptors (Lipinski definition) is 3. The first-order valence-electron chi connectivity index (χ1n) is 5.61. The maximum Gasteiger partial charge on any atom is 0.321 e. The summed E-state index contributed by atoms with van der Waals surface area (Å²) in [6.45, 7) is 11.3. The fourth-order valence-corrected chi connectivity index (χ4v) is 2.40. The molecule has 17 heavy (non-hydrogen) atoms. The zero-order chi connectivity index (χ0) is 14.0. The zero-order valence-corrected chi connectivity index (χ0v) is 11.4. The first-order valence-corrected chi connectivity index (χ1v) is 5.61. The molecule has 0 unspecified atom stereocenters. The predicted octanol–water partition coefficient (Wildman–Crippen LogP) is 1.81. The normalized spacial score (nSPS) is 14.8. The van der Waals surface area contributed by atoms with Crippen LogP contribution in [-0.2, 0) is 9.59 Å². The summed E-state index contributed by atoms with van der Waals surface area (Å²) in [6.07, 6.45) is -0.399. The second-order valence-corrected chi connectivity index (χ2v) is 6.16. The highest BCUT2D eigenvalue weighted by Crippen LogP contribution is 2.29. The third-order valence-corrected chi connectivity index (χ3v) is 2.41. The lowest BCUT2D eigenvalue weighted by Crippen LogP contribution is -2.60. The van der Waals surface area contributed by atoms with Gasteiger partial charge in [0.05, 0.1) is 6.42 Å². The van der Waals surface area contributed by atoms with Crippen molar-refractivity contribution >= 4 is 11.9 Å². The van der Waals surface area contributed by atoms with Gasteiger partial charge in [0, 0.05) is 11.1 Å². The van der Waals surface area contributed by atoms with Gasteiger partial charge in [0.1, 0.15) is 6.04 Å². The Labute approximate surface area is 102 Å². The van der Waals surface area contributed by atoms with Crippen LogP contribution in [0.25, 0.3) is 0 Å². The van der Waals surface area contributed by atoms with Crippen LogP contribution in [0.4, 0.5) is 0 Å². The second-order valence-electron chi connectivity index (χ2n) is 6.16. The zero-order valence-electron chi connectivity index (χ0n) is 11.4. The Bertz CT molecular complexity index is 285. The highest BCUT2D eigenvalue weighted by atomic mass is 16.4. The van der Waals surface area contributed by atoms with E-state index in [-0.39, 0.29) is 0 Å². The van der Waals surface area contributed by atoms with Crippen molar-refractivity contribution in [2.45, 2.75) is 65.1 Å². The van der Waals surface area contributed by atoms with Gasteiger partial charge in [0.25, 0.3) is 0 Å². The highest BCUT2D eigenvalue weighted by Gasteiger charge is 2.41. The molecule has 100 valence electrons. The maximum atomic E-state index is 11.3. The van der Waals surface area contributed by atoms with Crippen LogP contribution in [0.15, 0.2) is 0 Å². The molecular formula is C12H23NO4. The van der Waals surface area contributed by atoms with Gasteiger partial charge in [-0.05, 0) is 41.5 Å². The Hall–Kier alpha value is -1.10. The quantitative estimate of drug-likeness (QED) is 0.789. The highest BCUT2D eigenvalue weighted by molar-refractivity contribution is 5.80. The molecule has 0 rings (SSSR count). The molecule has 1 atom stereocenters. The van der Waals surface area contributed by atoms with Crippen molar-refractivity contribution in [3.63, 3.8) is 0 Å². The Morgan fingerprint density at radius 3 is 1.53 bits per heavy atom. The predicted molar refractivity (Wildman–Crippen MR) is 65.0 cm³/mol. The number of aliphatic carboxylic acids is 2. The Morgan fingerprint density at radius 2 is 1.35 bits per heavy atom. The van der Waals surface area contributed by atoms with Crippen LogP contribution in [0.5, 0.6) is 0 Å². The van der Waals surface area contributed by atoms with Crippen LogP contribution in [0.3, 0.4) is 0 Å². The lowest BCUT2D eigenvalue weighted by atomic mass is 9.92. The Balaban J connectivity index is 5.39. The third kappa shape index (κ3) is 4.73. The number of nitrogens with zero attached hydrogens (tertiary/aromatic N) is 1. The third-order valence-electron chi connectivity index (χ3n) is 2.41. The van der Waals surface area contributed by atoms with Gasteiger partial charge >= 0.3 is 11.9 Å². The Morgan fingerprint density at radius 1 is 1.00 bits per heavy atom. The van der Waals surface area contributed by atoms with Gasteiger partial charge in [0.15, 0.2) is 0 Å². The number of carboxylic acids is 2. The average molecular weight is 245 g/mol. The first-order chi connectivity index (χ1) is 7.37. The summed E-state index contributed by atoms with van der Waals surface area (Å²) in [7, 11) is 0. The van der Waals surface area contributed by atoms with Crippen molar-refractivity contribution in [3.8, 4) is 0 Å². The van der Waals surface area contributed by atoms with E-state index in [1.807, 2.05) is 41.5 Å². The van der Waals surface area contributed by atoms with Gasteiger partial charge in [0.2, 0.25) is 0 Å². The van der Waals surface area contributed by atoms with E-state index in [4.69, 9.17) is 5.11 Å². The lowest BCUT2D eigenvalue weighted by molar-refractivity contribution is -0.156. The fraction of sp³-hybridized carbons (Fsp3) is 0.833. The Kier molecular flexibility index (Phi) is 4.71. The molecule has 0 saturated heterocycles. The van der Waals surface area contributed by atoms with E-state index in [2.05, 4.69) is 0 Å². The summed E-state index contributed by atoms with van der Waals surface area (Å²) in [5, 5.41) is 18.0. The molecule has 0 aromatic heterocycles. The standard InChI is InChI=1S/C12H23NO4/c1-11(2,3)13(12(4,5)6)8(10(16)17)7-9(14)15/h8H,7H2,1-6H3,(H,14,15)(H,16,17)/t8-/m0/s1. The van der Waals surface area contributed by atoms with E-state index >= 15 is 0 Å². The van der Waals surface area contributed by atoms with Crippen LogP contribution in [0, 0.1) is 0 Å². The monoisotopic (exact) mass is 245 g/mol. The molecule has 5 heteroatoms. The van der Waals surface area contributed by atoms with E-state index < -0.39 is 35.5 Å². The summed E-state index contributed by atoms with van der Waals surface area (Å²) in [4.78, 5) is 23.8. The summed E-state index contributed by atoms with van der Waals surface area (Å²) in [6, 6.07) is -1.02. The number of hydrogen-bond donors (Lipinski definition) is 2. The van der Waals surface area contributed by atoms with Crippen molar-refractivity contribution in [3.05, 3.63) is 0 Å².